The number of hydrogen-bond donors (Lipinski definition) is 3. The fraction of sp³-hybridized carbons (Fsp3) is 0.273. The second kappa shape index (κ2) is 5.86. The number of primary amides is 1. The molecule has 1 aromatic carbocycles. The largest absolute Gasteiger partial charge is 0.483 e. The molecule has 3 amide bonds. The van der Waals surface area contributed by atoms with Crippen molar-refractivity contribution in [3.63, 3.8) is 0 Å². The number of carbonyl (C=O) groups is 2. The first kappa shape index (κ1) is 13.0. The molecular weight excluding hydrogens is 222 g/mol. The molecule has 6 nitrogen and oxygen atoms in total. The zero-order valence-electron chi connectivity index (χ0n) is 9.53. The lowest BCUT2D eigenvalue weighted by molar-refractivity contribution is -0.121. The molecule has 0 bridgehead atoms. The van der Waals surface area contributed by atoms with Gasteiger partial charge in [0.15, 0.2) is 6.61 Å². The third-order valence-corrected chi connectivity index (χ3v) is 2.12. The highest BCUT2D eigenvalue weighted by molar-refractivity contribution is 5.94. The Morgan fingerprint density at radius 2 is 2.12 bits per heavy atom. The second-order valence-electron chi connectivity index (χ2n) is 3.47. The van der Waals surface area contributed by atoms with Crippen LogP contribution in [-0.2, 0) is 11.3 Å². The Bertz CT molecular complexity index is 432. The SMILES string of the molecule is Cc1cccc(CN)c1OCC(=O)NC(N)=O. The lowest BCUT2D eigenvalue weighted by Gasteiger charge is -2.12. The molecule has 6 heteroatoms. The van der Waals surface area contributed by atoms with Crippen molar-refractivity contribution in [3.05, 3.63) is 29.3 Å². The molecule has 0 heterocycles. The van der Waals surface area contributed by atoms with Crippen molar-refractivity contribution in [1.82, 2.24) is 5.32 Å². The molecule has 0 unspecified atom stereocenters. The maximum atomic E-state index is 11.2. The van der Waals surface area contributed by atoms with Gasteiger partial charge in [-0.1, -0.05) is 18.2 Å². The highest BCUT2D eigenvalue weighted by Gasteiger charge is 2.09. The quantitative estimate of drug-likeness (QED) is 0.686. The average Bonchev–Trinajstić information content (AvgIpc) is 2.26. The molecule has 5 N–H and O–H groups in total. The van der Waals surface area contributed by atoms with Gasteiger partial charge in [-0.2, -0.15) is 0 Å². The summed E-state index contributed by atoms with van der Waals surface area (Å²) in [6, 6.07) is 4.62. The fourth-order valence-electron chi connectivity index (χ4n) is 1.39. The number of rotatable bonds is 4. The van der Waals surface area contributed by atoms with Gasteiger partial charge in [-0.25, -0.2) is 4.79 Å². The van der Waals surface area contributed by atoms with Gasteiger partial charge < -0.3 is 16.2 Å². The van der Waals surface area contributed by atoms with Crippen LogP contribution in [0.2, 0.25) is 0 Å². The van der Waals surface area contributed by atoms with Gasteiger partial charge in [-0.05, 0) is 12.5 Å². The minimum atomic E-state index is -0.901. The summed E-state index contributed by atoms with van der Waals surface area (Å²) in [5, 5.41) is 1.91. The summed E-state index contributed by atoms with van der Waals surface area (Å²) in [4.78, 5) is 21.6. The molecule has 0 saturated carbocycles. The van der Waals surface area contributed by atoms with Crippen LogP contribution in [-0.4, -0.2) is 18.5 Å². The highest BCUT2D eigenvalue weighted by atomic mass is 16.5. The summed E-state index contributed by atoms with van der Waals surface area (Å²) in [6.07, 6.45) is 0. The van der Waals surface area contributed by atoms with Crippen LogP contribution in [0.3, 0.4) is 0 Å². The summed E-state index contributed by atoms with van der Waals surface area (Å²) >= 11 is 0. The summed E-state index contributed by atoms with van der Waals surface area (Å²) in [5.41, 5.74) is 12.0. The van der Waals surface area contributed by atoms with E-state index in [1.54, 1.807) is 0 Å². The number of amides is 3. The van der Waals surface area contributed by atoms with Crippen molar-refractivity contribution < 1.29 is 14.3 Å². The topological polar surface area (TPSA) is 107 Å². The molecule has 0 spiro atoms. The van der Waals surface area contributed by atoms with E-state index in [4.69, 9.17) is 16.2 Å². The van der Waals surface area contributed by atoms with E-state index in [0.29, 0.717) is 12.3 Å². The number of para-hydroxylation sites is 1. The Morgan fingerprint density at radius 3 is 2.71 bits per heavy atom. The third-order valence-electron chi connectivity index (χ3n) is 2.12. The summed E-state index contributed by atoms with van der Waals surface area (Å²) in [6.45, 7) is 1.88. The number of nitrogens with two attached hydrogens (primary N) is 2. The first-order chi connectivity index (χ1) is 8.04. The van der Waals surface area contributed by atoms with E-state index >= 15 is 0 Å². The molecule has 0 saturated heterocycles. The zero-order valence-corrected chi connectivity index (χ0v) is 9.53. The van der Waals surface area contributed by atoms with Gasteiger partial charge >= 0.3 is 6.03 Å². The maximum Gasteiger partial charge on any atom is 0.318 e. The Balaban J connectivity index is 2.68. The van der Waals surface area contributed by atoms with E-state index in [2.05, 4.69) is 0 Å². The fourth-order valence-corrected chi connectivity index (χ4v) is 1.39. The normalized spacial score (nSPS) is 9.76. The van der Waals surface area contributed by atoms with Crippen molar-refractivity contribution in [2.45, 2.75) is 13.5 Å². The number of aryl methyl sites for hydroxylation is 1. The molecule has 17 heavy (non-hydrogen) atoms. The second-order valence-corrected chi connectivity index (χ2v) is 3.47. The van der Waals surface area contributed by atoms with Crippen LogP contribution < -0.4 is 21.5 Å². The van der Waals surface area contributed by atoms with Crippen LogP contribution in [0.25, 0.3) is 0 Å². The van der Waals surface area contributed by atoms with E-state index in [1.165, 1.54) is 0 Å². The minimum Gasteiger partial charge on any atom is -0.483 e. The first-order valence-electron chi connectivity index (χ1n) is 5.05. The molecule has 0 fully saturated rings. The predicted octanol–water partition coefficient (Wildman–Crippen LogP) is 0.0274. The molecule has 0 aliphatic rings. The number of benzene rings is 1. The molecule has 0 aliphatic carbocycles. The predicted molar refractivity (Wildman–Crippen MR) is 62.3 cm³/mol. The van der Waals surface area contributed by atoms with Gasteiger partial charge in [-0.15, -0.1) is 0 Å². The van der Waals surface area contributed by atoms with E-state index < -0.39 is 11.9 Å². The van der Waals surface area contributed by atoms with Gasteiger partial charge in [0.25, 0.3) is 5.91 Å². The lowest BCUT2D eigenvalue weighted by Crippen LogP contribution is -2.38. The van der Waals surface area contributed by atoms with Crippen LogP contribution in [0.1, 0.15) is 11.1 Å². The maximum absolute atomic E-state index is 11.2. The van der Waals surface area contributed by atoms with Crippen molar-refractivity contribution >= 4 is 11.9 Å². The molecule has 0 atom stereocenters. The lowest BCUT2D eigenvalue weighted by atomic mass is 10.1. The van der Waals surface area contributed by atoms with Gasteiger partial charge in [0.2, 0.25) is 0 Å². The Kier molecular flexibility index (Phi) is 4.47. The van der Waals surface area contributed by atoms with E-state index in [1.807, 2.05) is 30.4 Å². The van der Waals surface area contributed by atoms with Crippen LogP contribution in [0.15, 0.2) is 18.2 Å². The van der Waals surface area contributed by atoms with Gasteiger partial charge in [0.1, 0.15) is 5.75 Å². The minimum absolute atomic E-state index is 0.277. The summed E-state index contributed by atoms with van der Waals surface area (Å²) < 4.78 is 5.32. The van der Waals surface area contributed by atoms with Crippen LogP contribution >= 0.6 is 0 Å². The van der Waals surface area contributed by atoms with Crippen LogP contribution in [0, 0.1) is 6.92 Å². The summed E-state index contributed by atoms with van der Waals surface area (Å²) in [7, 11) is 0. The molecule has 1 rings (SSSR count). The zero-order chi connectivity index (χ0) is 12.8. The van der Waals surface area contributed by atoms with E-state index in [-0.39, 0.29) is 6.61 Å². The first-order valence-corrected chi connectivity index (χ1v) is 5.05. The number of imide groups is 1. The average molecular weight is 237 g/mol. The van der Waals surface area contributed by atoms with Crippen molar-refractivity contribution in [2.75, 3.05) is 6.61 Å². The number of nitrogens with one attached hydrogen (secondary N) is 1. The van der Waals surface area contributed by atoms with E-state index in [9.17, 15) is 9.59 Å². The molecule has 0 aliphatic heterocycles. The van der Waals surface area contributed by atoms with Crippen molar-refractivity contribution in [3.8, 4) is 5.75 Å². The standard InChI is InChI=1S/C11H15N3O3/c1-7-3-2-4-8(5-12)10(7)17-6-9(15)14-11(13)16/h2-4H,5-6,12H2,1H3,(H3,13,14,15,16). The van der Waals surface area contributed by atoms with Crippen LogP contribution in [0.4, 0.5) is 4.79 Å². The molecule has 0 radical (unpaired) electrons. The number of carbonyl (C=O) groups excluding carboxylic acids is 2. The number of hydrogen-bond acceptors (Lipinski definition) is 4. The molecule has 92 valence electrons. The molecular formula is C11H15N3O3. The Morgan fingerprint density at radius 1 is 1.41 bits per heavy atom. The molecule has 0 aromatic heterocycles. The van der Waals surface area contributed by atoms with Crippen LogP contribution in [0.5, 0.6) is 5.75 Å². The monoisotopic (exact) mass is 237 g/mol. The third kappa shape index (κ3) is 3.76. The highest BCUT2D eigenvalue weighted by Crippen LogP contribution is 2.22. The van der Waals surface area contributed by atoms with Crippen molar-refractivity contribution in [2.24, 2.45) is 11.5 Å². The number of urea groups is 1. The van der Waals surface area contributed by atoms with Gasteiger partial charge in [-0.3, -0.25) is 10.1 Å². The summed E-state index contributed by atoms with van der Waals surface area (Å²) in [5.74, 6) is -0.0293. The Labute approximate surface area is 98.9 Å². The van der Waals surface area contributed by atoms with Crippen molar-refractivity contribution in [1.29, 1.82) is 0 Å². The Hall–Kier alpha value is -2.08. The van der Waals surface area contributed by atoms with Gasteiger partial charge in [0.05, 0.1) is 0 Å². The molecule has 1 aromatic rings. The van der Waals surface area contributed by atoms with Gasteiger partial charge in [0, 0.05) is 12.1 Å². The van der Waals surface area contributed by atoms with E-state index in [0.717, 1.165) is 11.1 Å². The number of ether oxygens (including phenoxy) is 1. The smallest absolute Gasteiger partial charge is 0.318 e.